The first-order chi connectivity index (χ1) is 10.3. The second-order valence-corrected chi connectivity index (χ2v) is 6.27. The molecule has 2 aliphatic heterocycles. The number of ether oxygens (including phenoxy) is 2. The van der Waals surface area contributed by atoms with E-state index in [-0.39, 0.29) is 11.6 Å². The van der Waals surface area contributed by atoms with E-state index in [9.17, 15) is 4.79 Å². The second-order valence-electron chi connectivity index (χ2n) is 6.27. The molecule has 0 amide bonds. The Morgan fingerprint density at radius 2 is 1.95 bits per heavy atom. The van der Waals surface area contributed by atoms with Crippen molar-refractivity contribution >= 4 is 5.97 Å². The van der Waals surface area contributed by atoms with Crippen LogP contribution in [0.4, 0.5) is 0 Å². The van der Waals surface area contributed by atoms with Crippen molar-refractivity contribution in [2.24, 2.45) is 0 Å². The number of nitrogens with one attached hydrogen (secondary N) is 1. The van der Waals surface area contributed by atoms with Gasteiger partial charge in [-0.25, -0.2) is 4.79 Å². The molecular weight excluding hydrogens is 268 g/mol. The summed E-state index contributed by atoms with van der Waals surface area (Å²) in [6.45, 7) is 5.77. The molecule has 5 nitrogen and oxygen atoms in total. The summed E-state index contributed by atoms with van der Waals surface area (Å²) in [5, 5.41) is 3.47. The van der Waals surface area contributed by atoms with Crippen LogP contribution in [0.1, 0.15) is 38.5 Å². The minimum atomic E-state index is -0.325. The molecule has 3 rings (SSSR count). The number of morpholine rings is 1. The molecule has 0 bridgehead atoms. The highest BCUT2D eigenvalue weighted by atomic mass is 16.6. The van der Waals surface area contributed by atoms with Crippen LogP contribution in [-0.4, -0.2) is 55.9 Å². The fourth-order valence-electron chi connectivity index (χ4n) is 3.58. The summed E-state index contributed by atoms with van der Waals surface area (Å²) in [6, 6.07) is 0. The number of hydrogen-bond acceptors (Lipinski definition) is 5. The van der Waals surface area contributed by atoms with E-state index in [4.69, 9.17) is 9.47 Å². The maximum Gasteiger partial charge on any atom is 0.333 e. The Balaban J connectivity index is 1.45. The number of nitrogens with zero attached hydrogens (tertiary/aromatic N) is 1. The lowest BCUT2D eigenvalue weighted by molar-refractivity contribution is -0.148. The van der Waals surface area contributed by atoms with E-state index in [1.54, 1.807) is 6.08 Å². The number of esters is 1. The van der Waals surface area contributed by atoms with Crippen molar-refractivity contribution < 1.29 is 14.3 Å². The van der Waals surface area contributed by atoms with Gasteiger partial charge in [0.1, 0.15) is 0 Å². The highest BCUT2D eigenvalue weighted by molar-refractivity contribution is 5.86. The molecule has 1 spiro atoms. The zero-order valence-electron chi connectivity index (χ0n) is 12.7. The van der Waals surface area contributed by atoms with Crippen LogP contribution in [-0.2, 0) is 14.3 Å². The van der Waals surface area contributed by atoms with E-state index < -0.39 is 0 Å². The number of carbonyl (C=O) groups excluding carboxylic acids is 1. The van der Waals surface area contributed by atoms with Crippen molar-refractivity contribution in [2.45, 2.75) is 44.1 Å². The highest BCUT2D eigenvalue weighted by Crippen LogP contribution is 2.39. The van der Waals surface area contributed by atoms with Gasteiger partial charge in [0.05, 0.1) is 18.9 Å². The molecule has 1 saturated carbocycles. The van der Waals surface area contributed by atoms with Crippen LogP contribution < -0.4 is 5.32 Å². The summed E-state index contributed by atoms with van der Waals surface area (Å²) in [4.78, 5) is 14.1. The van der Waals surface area contributed by atoms with Crippen LogP contribution in [0.5, 0.6) is 0 Å². The van der Waals surface area contributed by atoms with Gasteiger partial charge in [0.2, 0.25) is 0 Å². The Hall–Kier alpha value is -1.07. The maximum atomic E-state index is 11.6. The molecule has 1 N–H and O–H groups in total. The van der Waals surface area contributed by atoms with E-state index >= 15 is 0 Å². The lowest BCUT2D eigenvalue weighted by atomic mass is 9.83. The monoisotopic (exact) mass is 294 g/mol. The van der Waals surface area contributed by atoms with Crippen LogP contribution in [0, 0.1) is 0 Å². The lowest BCUT2D eigenvalue weighted by Gasteiger charge is -2.35. The number of carbonyl (C=O) groups is 1. The molecule has 3 aliphatic rings. The molecule has 5 heteroatoms. The van der Waals surface area contributed by atoms with Gasteiger partial charge in [0.15, 0.2) is 5.60 Å². The SMILES string of the molecule is O=C1C=C(NCCCN2CCOCC2)C2(CCCCC2)O1. The molecule has 0 atom stereocenters. The Labute approximate surface area is 126 Å². The average molecular weight is 294 g/mol. The van der Waals surface area contributed by atoms with Gasteiger partial charge in [0, 0.05) is 25.7 Å². The minimum absolute atomic E-state index is 0.174. The van der Waals surface area contributed by atoms with Crippen LogP contribution in [0.15, 0.2) is 11.8 Å². The lowest BCUT2D eigenvalue weighted by Crippen LogP contribution is -2.41. The van der Waals surface area contributed by atoms with Gasteiger partial charge in [-0.05, 0) is 38.6 Å². The fraction of sp³-hybridized carbons (Fsp3) is 0.812. The Bertz CT molecular complexity index is 396. The number of rotatable bonds is 5. The van der Waals surface area contributed by atoms with Gasteiger partial charge < -0.3 is 14.8 Å². The van der Waals surface area contributed by atoms with Gasteiger partial charge in [0.25, 0.3) is 0 Å². The molecule has 21 heavy (non-hydrogen) atoms. The van der Waals surface area contributed by atoms with Crippen molar-refractivity contribution in [1.29, 1.82) is 0 Å². The van der Waals surface area contributed by atoms with Crippen molar-refractivity contribution in [3.63, 3.8) is 0 Å². The molecule has 2 heterocycles. The first-order valence-electron chi connectivity index (χ1n) is 8.28. The highest BCUT2D eigenvalue weighted by Gasteiger charge is 2.43. The standard InChI is InChI=1S/C16H26N2O3/c19-15-13-14(16(21-15)5-2-1-3-6-16)17-7-4-8-18-9-11-20-12-10-18/h13,17H,1-12H2. The fourth-order valence-corrected chi connectivity index (χ4v) is 3.58. The van der Waals surface area contributed by atoms with Gasteiger partial charge in [-0.3, -0.25) is 4.90 Å². The van der Waals surface area contributed by atoms with Gasteiger partial charge in [-0.15, -0.1) is 0 Å². The van der Waals surface area contributed by atoms with E-state index in [2.05, 4.69) is 10.2 Å². The Kier molecular flexibility index (Phi) is 4.80. The predicted molar refractivity (Wildman–Crippen MR) is 79.9 cm³/mol. The minimum Gasteiger partial charge on any atom is -0.449 e. The zero-order chi connectivity index (χ0) is 14.5. The van der Waals surface area contributed by atoms with E-state index in [1.165, 1.54) is 6.42 Å². The number of hydrogen-bond donors (Lipinski definition) is 1. The van der Waals surface area contributed by atoms with Gasteiger partial charge >= 0.3 is 5.97 Å². The normalized spacial score (nSPS) is 25.7. The molecule has 0 aromatic heterocycles. The topological polar surface area (TPSA) is 50.8 Å². The van der Waals surface area contributed by atoms with Crippen LogP contribution in [0.3, 0.4) is 0 Å². The smallest absolute Gasteiger partial charge is 0.333 e. The molecule has 0 radical (unpaired) electrons. The summed E-state index contributed by atoms with van der Waals surface area (Å²) in [5.41, 5.74) is 0.697. The molecule has 0 aromatic carbocycles. The van der Waals surface area contributed by atoms with E-state index in [1.807, 2.05) is 0 Å². The van der Waals surface area contributed by atoms with E-state index in [0.29, 0.717) is 0 Å². The van der Waals surface area contributed by atoms with Crippen LogP contribution >= 0.6 is 0 Å². The molecule has 0 unspecified atom stereocenters. The van der Waals surface area contributed by atoms with Crippen molar-refractivity contribution in [3.05, 3.63) is 11.8 Å². The van der Waals surface area contributed by atoms with E-state index in [0.717, 1.165) is 77.2 Å². The Morgan fingerprint density at radius 1 is 1.19 bits per heavy atom. The third kappa shape index (κ3) is 3.58. The summed E-state index contributed by atoms with van der Waals surface area (Å²) in [5.74, 6) is -0.174. The summed E-state index contributed by atoms with van der Waals surface area (Å²) >= 11 is 0. The maximum absolute atomic E-state index is 11.6. The van der Waals surface area contributed by atoms with Crippen molar-refractivity contribution in [2.75, 3.05) is 39.4 Å². The van der Waals surface area contributed by atoms with Crippen molar-refractivity contribution in [1.82, 2.24) is 10.2 Å². The molecule has 2 fully saturated rings. The zero-order valence-corrected chi connectivity index (χ0v) is 12.7. The molecule has 1 saturated heterocycles. The first kappa shape index (κ1) is 14.9. The van der Waals surface area contributed by atoms with Crippen LogP contribution in [0.2, 0.25) is 0 Å². The van der Waals surface area contributed by atoms with Crippen molar-refractivity contribution in [3.8, 4) is 0 Å². The first-order valence-corrected chi connectivity index (χ1v) is 8.28. The average Bonchev–Trinajstić information content (AvgIpc) is 2.81. The largest absolute Gasteiger partial charge is 0.449 e. The quantitative estimate of drug-likeness (QED) is 0.614. The third-order valence-electron chi connectivity index (χ3n) is 4.78. The third-order valence-corrected chi connectivity index (χ3v) is 4.78. The van der Waals surface area contributed by atoms with Crippen LogP contribution in [0.25, 0.3) is 0 Å². The predicted octanol–water partition coefficient (Wildman–Crippen LogP) is 1.44. The summed E-state index contributed by atoms with van der Waals surface area (Å²) in [6.07, 6.45) is 8.26. The van der Waals surface area contributed by atoms with Gasteiger partial charge in [-0.2, -0.15) is 0 Å². The van der Waals surface area contributed by atoms with Gasteiger partial charge in [-0.1, -0.05) is 6.42 Å². The second kappa shape index (κ2) is 6.79. The molecule has 118 valence electrons. The molecular formula is C16H26N2O3. The Morgan fingerprint density at radius 3 is 2.71 bits per heavy atom. The molecule has 1 aliphatic carbocycles. The summed E-state index contributed by atoms with van der Waals surface area (Å²) < 4.78 is 11.0. The summed E-state index contributed by atoms with van der Waals surface area (Å²) in [7, 11) is 0. The molecule has 0 aromatic rings.